The predicted molar refractivity (Wildman–Crippen MR) is 127 cm³/mol. The SMILES string of the molecule is CC1(C)c2[nH]nc(NC(=O)C3([Si](C)(C)C)CC3)c2CN1C(=O)Nc1c(Cl)cccc1Cl. The first kappa shape index (κ1) is 22.2. The maximum atomic E-state index is 13.1. The zero-order valence-corrected chi connectivity index (χ0v) is 20.8. The maximum absolute atomic E-state index is 13.1. The average molecular weight is 480 g/mol. The smallest absolute Gasteiger partial charge is 0.309 e. The molecule has 1 aromatic carbocycles. The summed E-state index contributed by atoms with van der Waals surface area (Å²) in [5, 5.41) is 13.8. The topological polar surface area (TPSA) is 90.1 Å². The molecule has 10 heteroatoms. The van der Waals surface area contributed by atoms with Crippen LogP contribution in [-0.2, 0) is 16.9 Å². The predicted octanol–water partition coefficient (Wildman–Crippen LogP) is 5.81. The normalized spacial score (nSPS) is 18.5. The number of fused-ring (bicyclic) bond motifs is 1. The molecule has 0 unspecified atom stereocenters. The first-order valence-electron chi connectivity index (χ1n) is 10.3. The summed E-state index contributed by atoms with van der Waals surface area (Å²) < 4.78 is 0. The van der Waals surface area contributed by atoms with Crippen LogP contribution in [-0.4, -0.2) is 35.1 Å². The number of hydrogen-bond donors (Lipinski definition) is 3. The lowest BCUT2D eigenvalue weighted by Gasteiger charge is -2.32. The summed E-state index contributed by atoms with van der Waals surface area (Å²) in [5.41, 5.74) is 1.35. The van der Waals surface area contributed by atoms with Crippen LogP contribution in [0.3, 0.4) is 0 Å². The van der Waals surface area contributed by atoms with Gasteiger partial charge in [0.15, 0.2) is 5.82 Å². The van der Waals surface area contributed by atoms with Crippen molar-refractivity contribution in [3.05, 3.63) is 39.5 Å². The molecule has 7 nitrogen and oxygen atoms in total. The molecule has 1 aliphatic heterocycles. The van der Waals surface area contributed by atoms with Gasteiger partial charge >= 0.3 is 6.03 Å². The van der Waals surface area contributed by atoms with Gasteiger partial charge in [-0.1, -0.05) is 48.9 Å². The number of para-hydroxylation sites is 1. The molecule has 4 rings (SSSR count). The van der Waals surface area contributed by atoms with Crippen LogP contribution in [0.2, 0.25) is 34.7 Å². The first-order valence-corrected chi connectivity index (χ1v) is 14.6. The van der Waals surface area contributed by atoms with Crippen LogP contribution >= 0.6 is 23.2 Å². The fraction of sp³-hybridized carbons (Fsp3) is 0.476. The van der Waals surface area contributed by atoms with Gasteiger partial charge in [-0.15, -0.1) is 0 Å². The fourth-order valence-electron chi connectivity index (χ4n) is 4.41. The third-order valence-corrected chi connectivity index (χ3v) is 11.0. The van der Waals surface area contributed by atoms with E-state index in [1.807, 2.05) is 13.8 Å². The lowest BCUT2D eigenvalue weighted by atomic mass is 10.0. The Hall–Kier alpha value is -2.03. The molecule has 3 amide bonds. The highest BCUT2D eigenvalue weighted by Crippen LogP contribution is 2.61. The molecule has 2 aromatic rings. The molecule has 0 bridgehead atoms. The Labute approximate surface area is 192 Å². The summed E-state index contributed by atoms with van der Waals surface area (Å²) in [6.45, 7) is 10.8. The van der Waals surface area contributed by atoms with Gasteiger partial charge < -0.3 is 15.5 Å². The summed E-state index contributed by atoms with van der Waals surface area (Å²) in [5.74, 6) is 0.549. The van der Waals surface area contributed by atoms with Gasteiger partial charge in [0.2, 0.25) is 5.91 Å². The molecule has 31 heavy (non-hydrogen) atoms. The standard InChI is InChI=1S/C21H27Cl2N5O2Si/c1-20(2)16-12(11-28(20)19(30)24-15-13(22)7-6-8-14(15)23)17(27-26-16)25-18(29)21(9-10-21)31(3,4)5/h6-8H,9-11H2,1-5H3,(H,24,30)(H2,25,26,27,29). The number of amides is 3. The molecular formula is C21H27Cl2N5O2Si. The average Bonchev–Trinajstić information content (AvgIpc) is 3.33. The van der Waals surface area contributed by atoms with Gasteiger partial charge in [0.25, 0.3) is 0 Å². The number of benzene rings is 1. The van der Waals surface area contributed by atoms with Crippen molar-refractivity contribution in [2.75, 3.05) is 10.6 Å². The number of halogens is 2. The molecule has 2 aliphatic rings. The highest BCUT2D eigenvalue weighted by Gasteiger charge is 2.59. The monoisotopic (exact) mass is 479 g/mol. The quantitative estimate of drug-likeness (QED) is 0.483. The molecule has 3 N–H and O–H groups in total. The number of urea groups is 1. The zero-order valence-electron chi connectivity index (χ0n) is 18.3. The number of hydrogen-bond acceptors (Lipinski definition) is 3. The second-order valence-electron chi connectivity index (χ2n) is 9.88. The van der Waals surface area contributed by atoms with Crippen molar-refractivity contribution in [2.45, 2.75) is 63.5 Å². The van der Waals surface area contributed by atoms with Gasteiger partial charge in [-0.3, -0.25) is 9.89 Å². The van der Waals surface area contributed by atoms with Crippen molar-refractivity contribution in [2.24, 2.45) is 0 Å². The van der Waals surface area contributed by atoms with Crippen molar-refractivity contribution in [3.8, 4) is 0 Å². The molecule has 2 heterocycles. The van der Waals surface area contributed by atoms with E-state index in [-0.39, 0.29) is 17.0 Å². The minimum atomic E-state index is -1.66. The summed E-state index contributed by atoms with van der Waals surface area (Å²) in [4.78, 5) is 27.9. The van der Waals surface area contributed by atoms with Crippen molar-refractivity contribution >= 4 is 54.7 Å². The number of nitrogens with zero attached hydrogens (tertiary/aromatic N) is 2. The Morgan fingerprint density at radius 1 is 1.13 bits per heavy atom. The number of rotatable bonds is 4. The van der Waals surface area contributed by atoms with Gasteiger partial charge in [-0.25, -0.2) is 4.79 Å². The molecular weight excluding hydrogens is 453 g/mol. The van der Waals surface area contributed by atoms with Gasteiger partial charge in [-0.05, 0) is 38.8 Å². The largest absolute Gasteiger partial charge is 0.323 e. The molecule has 0 radical (unpaired) electrons. The maximum Gasteiger partial charge on any atom is 0.323 e. The van der Waals surface area contributed by atoms with Crippen LogP contribution in [0.25, 0.3) is 0 Å². The number of H-pyrrole nitrogens is 1. The second-order valence-corrected chi connectivity index (χ2v) is 16.2. The Bertz CT molecular complexity index is 1050. The molecule has 0 atom stereocenters. The van der Waals surface area contributed by atoms with Crippen LogP contribution in [0.15, 0.2) is 18.2 Å². The minimum absolute atomic E-state index is 0.0459. The lowest BCUT2D eigenvalue weighted by molar-refractivity contribution is -0.117. The number of nitrogens with one attached hydrogen (secondary N) is 3. The molecule has 1 fully saturated rings. The van der Waals surface area contributed by atoms with Crippen LogP contribution in [0.4, 0.5) is 16.3 Å². The van der Waals surface area contributed by atoms with Crippen molar-refractivity contribution in [1.29, 1.82) is 0 Å². The molecule has 1 aliphatic carbocycles. The summed E-state index contributed by atoms with van der Waals surface area (Å²) in [6.07, 6.45) is 1.86. The molecule has 166 valence electrons. The van der Waals surface area contributed by atoms with Crippen LogP contribution in [0.1, 0.15) is 37.9 Å². The third kappa shape index (κ3) is 3.54. The first-order chi connectivity index (χ1) is 14.4. The molecule has 1 saturated carbocycles. The van der Waals surface area contributed by atoms with E-state index < -0.39 is 13.6 Å². The number of aromatic nitrogens is 2. The van der Waals surface area contributed by atoms with Gasteiger partial charge in [0.05, 0.1) is 41.6 Å². The number of carbonyl (C=O) groups excluding carboxylic acids is 2. The molecule has 1 aromatic heterocycles. The van der Waals surface area contributed by atoms with E-state index in [2.05, 4.69) is 40.5 Å². The Morgan fingerprint density at radius 2 is 1.74 bits per heavy atom. The van der Waals surface area contributed by atoms with E-state index in [4.69, 9.17) is 23.2 Å². The zero-order chi connectivity index (χ0) is 22.8. The van der Waals surface area contributed by atoms with Gasteiger partial charge in [-0.2, -0.15) is 5.10 Å². The van der Waals surface area contributed by atoms with E-state index in [1.54, 1.807) is 23.1 Å². The van der Waals surface area contributed by atoms with Crippen LogP contribution in [0.5, 0.6) is 0 Å². The minimum Gasteiger partial charge on any atom is -0.309 e. The van der Waals surface area contributed by atoms with Crippen molar-refractivity contribution < 1.29 is 9.59 Å². The summed E-state index contributed by atoms with van der Waals surface area (Å²) in [7, 11) is -1.66. The highest BCUT2D eigenvalue weighted by atomic mass is 35.5. The summed E-state index contributed by atoms with van der Waals surface area (Å²) in [6, 6.07) is 4.73. The number of aromatic amines is 1. The van der Waals surface area contributed by atoms with E-state index in [0.717, 1.165) is 24.1 Å². The lowest BCUT2D eigenvalue weighted by Crippen LogP contribution is -2.43. The third-order valence-electron chi connectivity index (χ3n) is 6.76. The Kier molecular flexibility index (Phi) is 5.18. The second kappa shape index (κ2) is 7.25. The van der Waals surface area contributed by atoms with Gasteiger partial charge in [0, 0.05) is 10.6 Å². The highest BCUT2D eigenvalue weighted by molar-refractivity contribution is 6.83. The van der Waals surface area contributed by atoms with E-state index >= 15 is 0 Å². The Balaban J connectivity index is 1.56. The van der Waals surface area contributed by atoms with Gasteiger partial charge in [0.1, 0.15) is 0 Å². The number of anilines is 2. The molecule has 0 spiro atoms. The van der Waals surface area contributed by atoms with E-state index in [0.29, 0.717) is 28.1 Å². The summed E-state index contributed by atoms with van der Waals surface area (Å²) >= 11 is 12.4. The van der Waals surface area contributed by atoms with Crippen LogP contribution < -0.4 is 10.6 Å². The van der Waals surface area contributed by atoms with Crippen molar-refractivity contribution in [3.63, 3.8) is 0 Å². The van der Waals surface area contributed by atoms with E-state index in [1.165, 1.54) is 0 Å². The number of carbonyl (C=O) groups is 2. The van der Waals surface area contributed by atoms with Crippen LogP contribution in [0, 0.1) is 0 Å². The Morgan fingerprint density at radius 3 is 2.29 bits per heavy atom. The molecule has 0 saturated heterocycles. The fourth-order valence-corrected chi connectivity index (χ4v) is 7.27. The van der Waals surface area contributed by atoms with E-state index in [9.17, 15) is 9.59 Å². The van der Waals surface area contributed by atoms with Crippen molar-refractivity contribution in [1.82, 2.24) is 15.1 Å².